The van der Waals surface area contributed by atoms with Crippen molar-refractivity contribution in [2.45, 2.75) is 12.2 Å². The quantitative estimate of drug-likeness (QED) is 0.779. The van der Waals surface area contributed by atoms with Gasteiger partial charge >= 0.3 is 0 Å². The molecule has 80 valence electrons. The summed E-state index contributed by atoms with van der Waals surface area (Å²) in [4.78, 5) is 3.63. The van der Waals surface area contributed by atoms with Crippen LogP contribution in [0, 0.1) is 11.3 Å². The molecule has 0 bridgehead atoms. The van der Waals surface area contributed by atoms with Crippen LogP contribution in [0.4, 0.5) is 5.82 Å². The third-order valence-corrected chi connectivity index (χ3v) is 3.19. The van der Waals surface area contributed by atoms with Crippen molar-refractivity contribution in [3.05, 3.63) is 18.3 Å². The van der Waals surface area contributed by atoms with Gasteiger partial charge in [0, 0.05) is 6.20 Å². The van der Waals surface area contributed by atoms with Crippen molar-refractivity contribution in [2.24, 2.45) is 0 Å². The molecular formula is C8H9N3O3S. The molecule has 0 saturated carbocycles. The molecule has 0 amide bonds. The summed E-state index contributed by atoms with van der Waals surface area (Å²) in [6, 6.07) is 4.34. The van der Waals surface area contributed by atoms with E-state index in [1.165, 1.54) is 25.3 Å². The number of nitrogens with one attached hydrogen (secondary N) is 1. The Morgan fingerprint density at radius 3 is 2.87 bits per heavy atom. The number of hydrogen-bond donors (Lipinski definition) is 2. The van der Waals surface area contributed by atoms with Crippen LogP contribution in [0.5, 0.6) is 5.75 Å². The van der Waals surface area contributed by atoms with Gasteiger partial charge in [-0.05, 0) is 19.1 Å². The Morgan fingerprint density at radius 2 is 2.33 bits per heavy atom. The molecule has 15 heavy (non-hydrogen) atoms. The zero-order chi connectivity index (χ0) is 11.5. The Labute approximate surface area is 87.2 Å². The van der Waals surface area contributed by atoms with Gasteiger partial charge in [0.15, 0.2) is 16.8 Å². The van der Waals surface area contributed by atoms with Crippen LogP contribution in [0.2, 0.25) is 0 Å². The van der Waals surface area contributed by atoms with E-state index in [0.717, 1.165) is 0 Å². The van der Waals surface area contributed by atoms with Crippen LogP contribution in [0.1, 0.15) is 6.92 Å². The molecule has 0 aromatic carbocycles. The number of aromatic hydroxyl groups is 1. The fourth-order valence-electron chi connectivity index (χ4n) is 0.768. The summed E-state index contributed by atoms with van der Waals surface area (Å²) in [5.41, 5.74) is 0. The smallest absolute Gasteiger partial charge is 0.250 e. The van der Waals surface area contributed by atoms with Crippen LogP contribution < -0.4 is 4.72 Å². The van der Waals surface area contributed by atoms with Gasteiger partial charge in [-0.25, -0.2) is 13.4 Å². The van der Waals surface area contributed by atoms with Gasteiger partial charge < -0.3 is 5.11 Å². The lowest BCUT2D eigenvalue weighted by atomic mass is 10.4. The number of nitriles is 1. The van der Waals surface area contributed by atoms with E-state index in [4.69, 9.17) is 5.26 Å². The summed E-state index contributed by atoms with van der Waals surface area (Å²) >= 11 is 0. The molecule has 2 N–H and O–H groups in total. The molecule has 1 heterocycles. The third-order valence-electron chi connectivity index (χ3n) is 1.67. The number of sulfonamides is 1. The second-order valence-electron chi connectivity index (χ2n) is 2.79. The Hall–Kier alpha value is -1.81. The van der Waals surface area contributed by atoms with Gasteiger partial charge in [-0.1, -0.05) is 0 Å². The lowest BCUT2D eigenvalue weighted by molar-refractivity contribution is 0.475. The molecule has 0 aliphatic heterocycles. The van der Waals surface area contributed by atoms with E-state index in [9.17, 15) is 13.5 Å². The van der Waals surface area contributed by atoms with Crippen LogP contribution in [-0.4, -0.2) is 23.8 Å². The maximum absolute atomic E-state index is 11.4. The van der Waals surface area contributed by atoms with E-state index in [1.54, 1.807) is 6.07 Å². The fourth-order valence-corrected chi connectivity index (χ4v) is 1.51. The van der Waals surface area contributed by atoms with E-state index in [2.05, 4.69) is 4.98 Å². The van der Waals surface area contributed by atoms with Crippen LogP contribution in [-0.2, 0) is 10.0 Å². The first kappa shape index (κ1) is 11.3. The first-order valence-corrected chi connectivity index (χ1v) is 5.57. The zero-order valence-corrected chi connectivity index (χ0v) is 8.69. The van der Waals surface area contributed by atoms with Crippen molar-refractivity contribution in [2.75, 3.05) is 4.72 Å². The van der Waals surface area contributed by atoms with Crippen molar-refractivity contribution in [1.29, 1.82) is 5.26 Å². The lowest BCUT2D eigenvalue weighted by Gasteiger charge is -2.08. The van der Waals surface area contributed by atoms with Gasteiger partial charge in [-0.15, -0.1) is 0 Å². The van der Waals surface area contributed by atoms with E-state index in [-0.39, 0.29) is 11.6 Å². The average molecular weight is 227 g/mol. The average Bonchev–Trinajstić information content (AvgIpc) is 2.20. The van der Waals surface area contributed by atoms with Crippen molar-refractivity contribution in [3.8, 4) is 11.8 Å². The van der Waals surface area contributed by atoms with Gasteiger partial charge in [0.05, 0.1) is 6.07 Å². The highest BCUT2D eigenvalue weighted by Gasteiger charge is 2.21. The maximum atomic E-state index is 11.4. The minimum atomic E-state index is -3.82. The Balaban J connectivity index is 2.98. The Kier molecular flexibility index (Phi) is 3.11. The molecule has 1 unspecified atom stereocenters. The molecule has 0 fully saturated rings. The van der Waals surface area contributed by atoms with Gasteiger partial charge in [0.2, 0.25) is 10.0 Å². The second kappa shape index (κ2) is 4.14. The summed E-state index contributed by atoms with van der Waals surface area (Å²) in [6.07, 6.45) is 1.33. The van der Waals surface area contributed by atoms with Gasteiger partial charge in [0.1, 0.15) is 0 Å². The van der Waals surface area contributed by atoms with Crippen molar-refractivity contribution in [3.63, 3.8) is 0 Å². The lowest BCUT2D eigenvalue weighted by Crippen LogP contribution is -2.24. The molecule has 0 radical (unpaired) electrons. The standard InChI is InChI=1S/C8H9N3O3S/c1-6(5-9)15(13,14)11-8-7(12)3-2-4-10-8/h2-4,6,12H,1H3,(H,10,11). The van der Waals surface area contributed by atoms with E-state index < -0.39 is 15.3 Å². The number of pyridine rings is 1. The zero-order valence-electron chi connectivity index (χ0n) is 7.88. The normalized spacial score (nSPS) is 12.8. The molecule has 7 heteroatoms. The number of rotatable bonds is 3. The minimum absolute atomic E-state index is 0.181. The molecule has 1 rings (SSSR count). The summed E-state index contributed by atoms with van der Waals surface area (Å²) in [5, 5.41) is 16.5. The molecule has 0 spiro atoms. The molecular weight excluding hydrogens is 218 g/mol. The van der Waals surface area contributed by atoms with Crippen LogP contribution in [0.3, 0.4) is 0 Å². The highest BCUT2D eigenvalue weighted by Crippen LogP contribution is 2.20. The second-order valence-corrected chi connectivity index (χ2v) is 4.79. The highest BCUT2D eigenvalue weighted by molar-refractivity contribution is 7.93. The minimum Gasteiger partial charge on any atom is -0.504 e. The molecule has 0 aliphatic rings. The molecule has 1 aromatic rings. The summed E-state index contributed by atoms with van der Waals surface area (Å²) < 4.78 is 24.8. The fraction of sp³-hybridized carbons (Fsp3) is 0.250. The SMILES string of the molecule is CC(C#N)S(=O)(=O)Nc1ncccc1O. The predicted octanol–water partition coefficient (Wildman–Crippen LogP) is 0.441. The number of nitrogens with zero attached hydrogens (tertiary/aromatic N) is 2. The van der Waals surface area contributed by atoms with Crippen molar-refractivity contribution in [1.82, 2.24) is 4.98 Å². The molecule has 1 atom stereocenters. The van der Waals surface area contributed by atoms with Crippen molar-refractivity contribution >= 4 is 15.8 Å². The van der Waals surface area contributed by atoms with Crippen LogP contribution in [0.25, 0.3) is 0 Å². The Bertz CT molecular complexity index is 492. The predicted molar refractivity (Wildman–Crippen MR) is 53.5 cm³/mol. The van der Waals surface area contributed by atoms with Crippen LogP contribution >= 0.6 is 0 Å². The number of anilines is 1. The summed E-state index contributed by atoms with van der Waals surface area (Å²) in [6.45, 7) is 1.24. The van der Waals surface area contributed by atoms with E-state index in [0.29, 0.717) is 0 Å². The van der Waals surface area contributed by atoms with Crippen molar-refractivity contribution < 1.29 is 13.5 Å². The topological polar surface area (TPSA) is 103 Å². The monoisotopic (exact) mass is 227 g/mol. The summed E-state index contributed by atoms with van der Waals surface area (Å²) in [5.74, 6) is -0.467. The molecule has 6 nitrogen and oxygen atoms in total. The highest BCUT2D eigenvalue weighted by atomic mass is 32.2. The number of aromatic nitrogens is 1. The molecule has 0 saturated heterocycles. The van der Waals surface area contributed by atoms with Gasteiger partial charge in [0.25, 0.3) is 0 Å². The summed E-state index contributed by atoms with van der Waals surface area (Å²) in [7, 11) is -3.82. The van der Waals surface area contributed by atoms with E-state index in [1.807, 2.05) is 4.72 Å². The van der Waals surface area contributed by atoms with Gasteiger partial charge in [-0.2, -0.15) is 5.26 Å². The maximum Gasteiger partial charge on any atom is 0.250 e. The van der Waals surface area contributed by atoms with E-state index >= 15 is 0 Å². The third kappa shape index (κ3) is 2.57. The largest absolute Gasteiger partial charge is 0.504 e. The molecule has 0 aliphatic carbocycles. The number of hydrogen-bond acceptors (Lipinski definition) is 5. The first-order chi connectivity index (χ1) is 6.97. The Morgan fingerprint density at radius 1 is 1.67 bits per heavy atom. The first-order valence-electron chi connectivity index (χ1n) is 4.02. The molecule has 1 aromatic heterocycles. The van der Waals surface area contributed by atoms with Crippen LogP contribution in [0.15, 0.2) is 18.3 Å². The van der Waals surface area contributed by atoms with Gasteiger partial charge in [-0.3, -0.25) is 4.72 Å².